The SMILES string of the molecule is C#CCC(N)C(=O)Nc1ccc(C)c(I)c1. The number of hydrogen-bond donors (Lipinski definition) is 2. The fourth-order valence-corrected chi connectivity index (χ4v) is 1.64. The first-order chi connectivity index (χ1) is 7.54. The predicted octanol–water partition coefficient (Wildman–Crippen LogP) is 1.89. The molecule has 0 aromatic heterocycles. The van der Waals surface area contributed by atoms with Crippen molar-refractivity contribution >= 4 is 34.2 Å². The molecule has 1 atom stereocenters. The van der Waals surface area contributed by atoms with Gasteiger partial charge < -0.3 is 11.1 Å². The number of benzene rings is 1. The summed E-state index contributed by atoms with van der Waals surface area (Å²) < 4.78 is 1.10. The van der Waals surface area contributed by atoms with Crippen molar-refractivity contribution in [3.05, 3.63) is 27.3 Å². The van der Waals surface area contributed by atoms with Crippen molar-refractivity contribution in [2.24, 2.45) is 5.73 Å². The molecule has 0 spiro atoms. The molecule has 0 heterocycles. The highest BCUT2D eigenvalue weighted by Crippen LogP contribution is 2.17. The van der Waals surface area contributed by atoms with Gasteiger partial charge in [0.25, 0.3) is 0 Å². The van der Waals surface area contributed by atoms with E-state index in [1.165, 1.54) is 5.56 Å². The maximum atomic E-state index is 11.6. The Morgan fingerprint density at radius 2 is 2.38 bits per heavy atom. The molecule has 0 saturated heterocycles. The van der Waals surface area contributed by atoms with Crippen molar-refractivity contribution < 1.29 is 4.79 Å². The number of carbonyl (C=O) groups excluding carboxylic acids is 1. The van der Waals surface area contributed by atoms with Crippen molar-refractivity contribution in [3.8, 4) is 12.3 Å². The highest BCUT2D eigenvalue weighted by atomic mass is 127. The van der Waals surface area contributed by atoms with Crippen molar-refractivity contribution in [2.45, 2.75) is 19.4 Å². The summed E-state index contributed by atoms with van der Waals surface area (Å²) in [6, 6.07) is 5.04. The van der Waals surface area contributed by atoms with Gasteiger partial charge in [0.2, 0.25) is 5.91 Å². The quantitative estimate of drug-likeness (QED) is 0.658. The summed E-state index contributed by atoms with van der Waals surface area (Å²) in [7, 11) is 0. The summed E-state index contributed by atoms with van der Waals surface area (Å²) in [6.07, 6.45) is 5.34. The van der Waals surface area contributed by atoms with Crippen molar-refractivity contribution in [2.75, 3.05) is 5.32 Å². The zero-order valence-corrected chi connectivity index (χ0v) is 11.1. The van der Waals surface area contributed by atoms with Crippen LogP contribution in [-0.4, -0.2) is 11.9 Å². The molecule has 3 nitrogen and oxygen atoms in total. The van der Waals surface area contributed by atoms with E-state index in [0.717, 1.165) is 9.26 Å². The van der Waals surface area contributed by atoms with Crippen LogP contribution in [0.15, 0.2) is 18.2 Å². The molecule has 4 heteroatoms. The summed E-state index contributed by atoms with van der Waals surface area (Å²) in [4.78, 5) is 11.6. The molecular weight excluding hydrogens is 315 g/mol. The van der Waals surface area contributed by atoms with Gasteiger partial charge in [0.1, 0.15) is 0 Å². The minimum atomic E-state index is -0.649. The van der Waals surface area contributed by atoms with Gasteiger partial charge in [0.15, 0.2) is 0 Å². The average Bonchev–Trinajstić information content (AvgIpc) is 2.24. The summed E-state index contributed by atoms with van der Waals surface area (Å²) in [5, 5.41) is 2.73. The largest absolute Gasteiger partial charge is 0.325 e. The second-order valence-corrected chi connectivity index (χ2v) is 4.63. The average molecular weight is 328 g/mol. The van der Waals surface area contributed by atoms with Gasteiger partial charge in [-0.15, -0.1) is 12.3 Å². The molecule has 84 valence electrons. The van der Waals surface area contributed by atoms with Gasteiger partial charge in [0, 0.05) is 15.7 Å². The first kappa shape index (κ1) is 13.0. The van der Waals surface area contributed by atoms with E-state index in [1.807, 2.05) is 25.1 Å². The number of amides is 1. The molecule has 1 aromatic rings. The van der Waals surface area contributed by atoms with Gasteiger partial charge in [-0.05, 0) is 47.2 Å². The Hall–Kier alpha value is -1.06. The zero-order valence-electron chi connectivity index (χ0n) is 8.96. The maximum absolute atomic E-state index is 11.6. The Kier molecular flexibility index (Phi) is 4.77. The summed E-state index contributed by atoms with van der Waals surface area (Å²) in [6.45, 7) is 2.01. The molecule has 0 radical (unpaired) electrons. The number of aryl methyl sites for hydroxylation is 1. The van der Waals surface area contributed by atoms with Gasteiger partial charge in [-0.25, -0.2) is 0 Å². The molecule has 0 saturated carbocycles. The number of nitrogens with one attached hydrogen (secondary N) is 1. The van der Waals surface area contributed by atoms with Crippen LogP contribution in [-0.2, 0) is 4.79 Å². The molecule has 16 heavy (non-hydrogen) atoms. The van der Waals surface area contributed by atoms with Gasteiger partial charge in [0.05, 0.1) is 6.04 Å². The molecule has 1 rings (SSSR count). The van der Waals surface area contributed by atoms with E-state index in [0.29, 0.717) is 0 Å². The Morgan fingerprint density at radius 3 is 2.94 bits per heavy atom. The minimum absolute atomic E-state index is 0.245. The first-order valence-corrected chi connectivity index (χ1v) is 5.88. The second kappa shape index (κ2) is 5.87. The summed E-state index contributed by atoms with van der Waals surface area (Å²) in [5.74, 6) is 2.12. The van der Waals surface area contributed by atoms with Crippen LogP contribution < -0.4 is 11.1 Å². The van der Waals surface area contributed by atoms with Gasteiger partial charge in [-0.1, -0.05) is 6.07 Å². The van der Waals surface area contributed by atoms with E-state index in [1.54, 1.807) is 0 Å². The van der Waals surface area contributed by atoms with Crippen LogP contribution in [0.2, 0.25) is 0 Å². The number of rotatable bonds is 3. The molecule has 1 amide bonds. The third-order valence-electron chi connectivity index (χ3n) is 2.11. The topological polar surface area (TPSA) is 55.1 Å². The standard InChI is InChI=1S/C12H13IN2O/c1-3-4-11(14)12(16)15-9-6-5-8(2)10(13)7-9/h1,5-7,11H,4,14H2,2H3,(H,15,16). The number of carbonyl (C=O) groups is 1. The van der Waals surface area contributed by atoms with E-state index in [4.69, 9.17) is 12.2 Å². The van der Waals surface area contributed by atoms with Gasteiger partial charge in [-0.3, -0.25) is 4.79 Å². The molecule has 0 bridgehead atoms. The molecule has 3 N–H and O–H groups in total. The number of anilines is 1. The molecule has 0 fully saturated rings. The van der Waals surface area contributed by atoms with E-state index in [2.05, 4.69) is 33.8 Å². The lowest BCUT2D eigenvalue weighted by molar-refractivity contribution is -0.117. The fourth-order valence-electron chi connectivity index (χ4n) is 1.13. The molecule has 0 aliphatic carbocycles. The van der Waals surface area contributed by atoms with Crippen molar-refractivity contribution in [1.82, 2.24) is 0 Å². The smallest absolute Gasteiger partial charge is 0.242 e. The summed E-state index contributed by atoms with van der Waals surface area (Å²) in [5.41, 5.74) is 7.50. The zero-order chi connectivity index (χ0) is 12.1. The van der Waals surface area contributed by atoms with Crippen LogP contribution in [0.25, 0.3) is 0 Å². The van der Waals surface area contributed by atoms with E-state index in [9.17, 15) is 4.79 Å². The van der Waals surface area contributed by atoms with Crippen LogP contribution >= 0.6 is 22.6 Å². The van der Waals surface area contributed by atoms with E-state index in [-0.39, 0.29) is 12.3 Å². The Labute approximate surface area is 109 Å². The highest BCUT2D eigenvalue weighted by Gasteiger charge is 2.12. The summed E-state index contributed by atoms with van der Waals surface area (Å²) >= 11 is 2.22. The van der Waals surface area contributed by atoms with E-state index < -0.39 is 6.04 Å². The lowest BCUT2D eigenvalue weighted by Gasteiger charge is -2.10. The number of hydrogen-bond acceptors (Lipinski definition) is 2. The van der Waals surface area contributed by atoms with E-state index >= 15 is 0 Å². The molecular formula is C12H13IN2O. The predicted molar refractivity (Wildman–Crippen MR) is 74.0 cm³/mol. The Balaban J connectivity index is 2.70. The Bertz CT molecular complexity index is 437. The molecule has 0 aliphatic rings. The molecule has 1 aromatic carbocycles. The number of terminal acetylenes is 1. The third kappa shape index (κ3) is 3.51. The molecule has 1 unspecified atom stereocenters. The maximum Gasteiger partial charge on any atom is 0.242 e. The molecule has 0 aliphatic heterocycles. The number of halogens is 1. The van der Waals surface area contributed by atoms with Gasteiger partial charge in [-0.2, -0.15) is 0 Å². The van der Waals surface area contributed by atoms with Crippen LogP contribution in [0.5, 0.6) is 0 Å². The van der Waals surface area contributed by atoms with Crippen LogP contribution in [0.4, 0.5) is 5.69 Å². The second-order valence-electron chi connectivity index (χ2n) is 3.47. The highest BCUT2D eigenvalue weighted by molar-refractivity contribution is 14.1. The minimum Gasteiger partial charge on any atom is -0.325 e. The van der Waals surface area contributed by atoms with Gasteiger partial charge >= 0.3 is 0 Å². The fraction of sp³-hybridized carbons (Fsp3) is 0.250. The monoisotopic (exact) mass is 328 g/mol. The Morgan fingerprint density at radius 1 is 1.69 bits per heavy atom. The lowest BCUT2D eigenvalue weighted by atomic mass is 10.2. The van der Waals surface area contributed by atoms with Crippen LogP contribution in [0.1, 0.15) is 12.0 Å². The first-order valence-electron chi connectivity index (χ1n) is 4.80. The number of nitrogens with two attached hydrogens (primary N) is 1. The normalized spacial score (nSPS) is 11.6. The third-order valence-corrected chi connectivity index (χ3v) is 3.28. The van der Waals surface area contributed by atoms with Crippen molar-refractivity contribution in [1.29, 1.82) is 0 Å². The van der Waals surface area contributed by atoms with Crippen LogP contribution in [0, 0.1) is 22.8 Å². The van der Waals surface area contributed by atoms with Crippen LogP contribution in [0.3, 0.4) is 0 Å². The van der Waals surface area contributed by atoms with Crippen molar-refractivity contribution in [3.63, 3.8) is 0 Å². The lowest BCUT2D eigenvalue weighted by Crippen LogP contribution is -2.35.